The molecule has 112 valence electrons. The number of hydrogen-bond acceptors (Lipinski definition) is 2. The molecule has 2 heteroatoms. The minimum absolute atomic E-state index is 0.583. The van der Waals surface area contributed by atoms with Gasteiger partial charge in [0, 0.05) is 0 Å². The monoisotopic (exact) mass is 275 g/mol. The van der Waals surface area contributed by atoms with Gasteiger partial charge in [-0.25, -0.2) is 0 Å². The summed E-state index contributed by atoms with van der Waals surface area (Å²) in [4.78, 5) is 2.25. The third kappa shape index (κ3) is 4.82. The first-order valence-electron chi connectivity index (χ1n) is 7.96. The van der Waals surface area contributed by atoms with Gasteiger partial charge in [0.2, 0.25) is 0 Å². The normalized spacial score (nSPS) is 15.1. The fourth-order valence-corrected chi connectivity index (χ4v) is 2.37. The lowest BCUT2D eigenvalue weighted by Crippen LogP contribution is -2.14. The molecular formula is C18H29NO. The van der Waals surface area contributed by atoms with Crippen molar-refractivity contribution in [2.75, 3.05) is 27.2 Å². The van der Waals surface area contributed by atoms with Crippen LogP contribution in [0.2, 0.25) is 0 Å². The largest absolute Gasteiger partial charge is 0.493 e. The van der Waals surface area contributed by atoms with Gasteiger partial charge in [0.15, 0.2) is 0 Å². The van der Waals surface area contributed by atoms with Crippen LogP contribution >= 0.6 is 0 Å². The van der Waals surface area contributed by atoms with E-state index in [2.05, 4.69) is 51.0 Å². The Bertz CT molecular complexity index is 421. The Hall–Kier alpha value is -1.02. The molecule has 1 aliphatic carbocycles. The van der Waals surface area contributed by atoms with Crippen molar-refractivity contribution in [2.24, 2.45) is 5.92 Å². The highest BCUT2D eigenvalue weighted by Crippen LogP contribution is 2.31. The quantitative estimate of drug-likeness (QED) is 0.708. The van der Waals surface area contributed by atoms with E-state index in [9.17, 15) is 0 Å². The zero-order valence-corrected chi connectivity index (χ0v) is 13.5. The lowest BCUT2D eigenvalue weighted by Gasteiger charge is -2.16. The summed E-state index contributed by atoms with van der Waals surface area (Å²) < 4.78 is 6.04. The van der Waals surface area contributed by atoms with Crippen molar-refractivity contribution in [2.45, 2.75) is 45.4 Å². The fraction of sp³-hybridized carbons (Fsp3) is 0.667. The van der Waals surface area contributed by atoms with E-state index in [1.54, 1.807) is 0 Å². The van der Waals surface area contributed by atoms with Gasteiger partial charge in [-0.3, -0.25) is 0 Å². The highest BCUT2D eigenvalue weighted by molar-refractivity contribution is 5.38. The predicted molar refractivity (Wildman–Crippen MR) is 85.6 cm³/mol. The minimum atomic E-state index is 0.583. The maximum atomic E-state index is 6.04. The average molecular weight is 275 g/mol. The lowest BCUT2D eigenvalue weighted by atomic mass is 9.98. The molecular weight excluding hydrogens is 246 g/mol. The molecule has 1 aromatic rings. The van der Waals surface area contributed by atoms with Gasteiger partial charge >= 0.3 is 0 Å². The molecule has 2 rings (SSSR count). The number of benzene rings is 1. The van der Waals surface area contributed by atoms with Crippen LogP contribution in [0.3, 0.4) is 0 Å². The summed E-state index contributed by atoms with van der Waals surface area (Å²) >= 11 is 0. The van der Waals surface area contributed by atoms with Crippen LogP contribution in [0.5, 0.6) is 5.75 Å². The Morgan fingerprint density at radius 1 is 1.25 bits per heavy atom. The van der Waals surface area contributed by atoms with Crippen LogP contribution in [0.1, 0.15) is 50.2 Å². The molecule has 2 nitrogen and oxygen atoms in total. The van der Waals surface area contributed by atoms with E-state index in [4.69, 9.17) is 4.74 Å². The average Bonchev–Trinajstić information content (AvgIpc) is 3.20. The van der Waals surface area contributed by atoms with Crippen molar-refractivity contribution in [3.63, 3.8) is 0 Å². The first kappa shape index (κ1) is 15.4. The predicted octanol–water partition coefficient (Wildman–Crippen LogP) is 4.09. The number of ether oxygens (including phenoxy) is 1. The Morgan fingerprint density at radius 3 is 2.60 bits per heavy atom. The second-order valence-electron chi connectivity index (χ2n) is 6.68. The Kier molecular flexibility index (Phi) is 5.47. The van der Waals surface area contributed by atoms with Gasteiger partial charge in [0.05, 0.1) is 6.61 Å². The van der Waals surface area contributed by atoms with Crippen LogP contribution in [-0.4, -0.2) is 32.1 Å². The molecule has 0 heterocycles. The summed E-state index contributed by atoms with van der Waals surface area (Å²) in [5.74, 6) is 2.51. The van der Waals surface area contributed by atoms with Gasteiger partial charge in [0.1, 0.15) is 5.75 Å². The smallest absolute Gasteiger partial charge is 0.122 e. The van der Waals surface area contributed by atoms with E-state index in [-0.39, 0.29) is 0 Å². The van der Waals surface area contributed by atoms with Crippen LogP contribution in [-0.2, 0) is 6.42 Å². The molecule has 0 spiro atoms. The topological polar surface area (TPSA) is 12.5 Å². The third-order valence-corrected chi connectivity index (χ3v) is 3.97. The Morgan fingerprint density at radius 2 is 2.00 bits per heavy atom. The molecule has 0 atom stereocenters. The second kappa shape index (κ2) is 7.12. The first-order chi connectivity index (χ1) is 9.56. The zero-order chi connectivity index (χ0) is 14.5. The molecule has 0 amide bonds. The summed E-state index contributed by atoms with van der Waals surface area (Å²) in [6, 6.07) is 6.76. The van der Waals surface area contributed by atoms with Crippen LogP contribution in [0, 0.1) is 5.92 Å². The number of aryl methyl sites for hydroxylation is 1. The number of hydrogen-bond donors (Lipinski definition) is 0. The maximum absolute atomic E-state index is 6.04. The minimum Gasteiger partial charge on any atom is -0.493 e. The summed E-state index contributed by atoms with van der Waals surface area (Å²) in [6.07, 6.45) is 4.99. The van der Waals surface area contributed by atoms with E-state index in [0.717, 1.165) is 31.2 Å². The second-order valence-corrected chi connectivity index (χ2v) is 6.68. The van der Waals surface area contributed by atoms with Crippen molar-refractivity contribution in [3.05, 3.63) is 29.3 Å². The van der Waals surface area contributed by atoms with Gasteiger partial charge in [-0.15, -0.1) is 0 Å². The van der Waals surface area contributed by atoms with Gasteiger partial charge in [-0.1, -0.05) is 26.0 Å². The molecule has 0 radical (unpaired) electrons. The van der Waals surface area contributed by atoms with Crippen molar-refractivity contribution < 1.29 is 4.74 Å². The summed E-state index contributed by atoms with van der Waals surface area (Å²) in [7, 11) is 4.27. The fourth-order valence-electron chi connectivity index (χ4n) is 2.37. The van der Waals surface area contributed by atoms with E-state index in [1.807, 2.05) is 0 Å². The molecule has 20 heavy (non-hydrogen) atoms. The van der Waals surface area contributed by atoms with Crippen LogP contribution in [0.15, 0.2) is 18.2 Å². The summed E-state index contributed by atoms with van der Waals surface area (Å²) in [5.41, 5.74) is 2.81. The molecule has 0 bridgehead atoms. The molecule has 1 fully saturated rings. The maximum Gasteiger partial charge on any atom is 0.122 e. The molecule has 1 aliphatic rings. The molecule has 0 unspecified atom stereocenters. The van der Waals surface area contributed by atoms with Crippen molar-refractivity contribution in [1.82, 2.24) is 4.90 Å². The molecule has 0 N–H and O–H groups in total. The molecule has 1 saturated carbocycles. The van der Waals surface area contributed by atoms with Crippen molar-refractivity contribution >= 4 is 0 Å². The van der Waals surface area contributed by atoms with E-state index >= 15 is 0 Å². The lowest BCUT2D eigenvalue weighted by molar-refractivity contribution is 0.296. The number of nitrogens with zero attached hydrogens (tertiary/aromatic N) is 1. The van der Waals surface area contributed by atoms with Gasteiger partial charge < -0.3 is 9.64 Å². The van der Waals surface area contributed by atoms with Crippen LogP contribution in [0.4, 0.5) is 0 Å². The van der Waals surface area contributed by atoms with Crippen LogP contribution < -0.4 is 4.74 Å². The standard InChI is InChI=1S/C18H29NO/c1-14(2)16-9-10-18(20-13-15-7-8-15)17(12-16)6-5-11-19(3)4/h9-10,12,14-15H,5-8,11,13H2,1-4H3. The zero-order valence-electron chi connectivity index (χ0n) is 13.5. The van der Waals surface area contributed by atoms with Gasteiger partial charge in [0.25, 0.3) is 0 Å². The molecule has 1 aromatic carbocycles. The first-order valence-corrected chi connectivity index (χ1v) is 7.96. The van der Waals surface area contributed by atoms with Crippen molar-refractivity contribution in [3.8, 4) is 5.75 Å². The van der Waals surface area contributed by atoms with Gasteiger partial charge in [-0.05, 0) is 75.4 Å². The molecule has 0 aromatic heterocycles. The molecule has 0 aliphatic heterocycles. The van der Waals surface area contributed by atoms with E-state index in [1.165, 1.54) is 30.4 Å². The van der Waals surface area contributed by atoms with E-state index in [0.29, 0.717) is 5.92 Å². The Labute approximate surface area is 124 Å². The SMILES string of the molecule is CC(C)c1ccc(OCC2CC2)c(CCCN(C)C)c1. The Balaban J connectivity index is 2.02. The van der Waals surface area contributed by atoms with Crippen LogP contribution in [0.25, 0.3) is 0 Å². The highest BCUT2D eigenvalue weighted by Gasteiger charge is 2.22. The summed E-state index contributed by atoms with van der Waals surface area (Å²) in [5, 5.41) is 0. The van der Waals surface area contributed by atoms with Gasteiger partial charge in [-0.2, -0.15) is 0 Å². The van der Waals surface area contributed by atoms with Crippen molar-refractivity contribution in [1.29, 1.82) is 0 Å². The summed E-state index contributed by atoms with van der Waals surface area (Å²) in [6.45, 7) is 6.54. The third-order valence-electron chi connectivity index (χ3n) is 3.97. The highest BCUT2D eigenvalue weighted by atomic mass is 16.5. The van der Waals surface area contributed by atoms with E-state index < -0.39 is 0 Å². The molecule has 0 saturated heterocycles. The number of rotatable bonds is 8.